The van der Waals surface area contributed by atoms with Crippen molar-refractivity contribution < 1.29 is 4.42 Å². The molecule has 2 heterocycles. The molecular weight excluding hydrogens is 250 g/mol. The van der Waals surface area contributed by atoms with E-state index in [0.29, 0.717) is 0 Å². The van der Waals surface area contributed by atoms with Gasteiger partial charge in [0, 0.05) is 12.4 Å². The van der Waals surface area contributed by atoms with Crippen LogP contribution in [0.25, 0.3) is 22.4 Å². The van der Waals surface area contributed by atoms with E-state index < -0.39 is 0 Å². The zero-order valence-electron chi connectivity index (χ0n) is 12.1. The Labute approximate surface area is 117 Å². The predicted molar refractivity (Wildman–Crippen MR) is 81.0 cm³/mol. The van der Waals surface area contributed by atoms with Crippen molar-refractivity contribution in [2.75, 3.05) is 12.4 Å². The zero-order valence-corrected chi connectivity index (χ0v) is 12.1. The Bertz CT molecular complexity index is 790. The van der Waals surface area contributed by atoms with Gasteiger partial charge in [0.25, 0.3) is 0 Å². The first kappa shape index (κ1) is 12.7. The third kappa shape index (κ3) is 1.93. The SMILES string of the molecule is CNc1nc(C)c(C)nc1-c1cc2cccc(C)c2o1. The lowest BCUT2D eigenvalue weighted by molar-refractivity contribution is 0.625. The molecule has 1 N–H and O–H groups in total. The highest BCUT2D eigenvalue weighted by molar-refractivity contribution is 5.86. The van der Waals surface area contributed by atoms with Crippen LogP contribution in [-0.2, 0) is 0 Å². The molecule has 20 heavy (non-hydrogen) atoms. The fourth-order valence-corrected chi connectivity index (χ4v) is 2.27. The quantitative estimate of drug-likeness (QED) is 0.766. The first-order valence-corrected chi connectivity index (χ1v) is 6.62. The lowest BCUT2D eigenvalue weighted by Gasteiger charge is -2.08. The molecule has 0 saturated carbocycles. The zero-order chi connectivity index (χ0) is 14.3. The topological polar surface area (TPSA) is 51.0 Å². The standard InChI is InChI=1S/C16H17N3O/c1-9-6-5-7-12-8-13(20-15(9)12)14-16(17-4)19-11(3)10(2)18-14/h5-8H,1-4H3,(H,17,19). The second-order valence-corrected chi connectivity index (χ2v) is 4.95. The summed E-state index contributed by atoms with van der Waals surface area (Å²) in [6.07, 6.45) is 0. The first-order chi connectivity index (χ1) is 9.60. The van der Waals surface area contributed by atoms with Crippen LogP contribution < -0.4 is 5.32 Å². The number of fused-ring (bicyclic) bond motifs is 1. The minimum Gasteiger partial charge on any atom is -0.454 e. The van der Waals surface area contributed by atoms with Crippen molar-refractivity contribution in [3.63, 3.8) is 0 Å². The van der Waals surface area contributed by atoms with Gasteiger partial charge in [0.15, 0.2) is 11.6 Å². The minimum atomic E-state index is 0.741. The molecule has 1 aromatic carbocycles. The van der Waals surface area contributed by atoms with E-state index in [-0.39, 0.29) is 0 Å². The van der Waals surface area contributed by atoms with Crippen molar-refractivity contribution in [1.82, 2.24) is 9.97 Å². The Balaban J connectivity index is 2.25. The number of benzene rings is 1. The Morgan fingerprint density at radius 2 is 1.80 bits per heavy atom. The third-order valence-corrected chi connectivity index (χ3v) is 3.52. The van der Waals surface area contributed by atoms with Gasteiger partial charge in [-0.2, -0.15) is 0 Å². The van der Waals surface area contributed by atoms with Crippen molar-refractivity contribution in [2.24, 2.45) is 0 Å². The second-order valence-electron chi connectivity index (χ2n) is 4.95. The summed E-state index contributed by atoms with van der Waals surface area (Å²) >= 11 is 0. The van der Waals surface area contributed by atoms with E-state index in [1.807, 2.05) is 52.1 Å². The average Bonchev–Trinajstić information content (AvgIpc) is 2.86. The number of para-hydroxylation sites is 1. The van der Waals surface area contributed by atoms with Crippen LogP contribution in [0.3, 0.4) is 0 Å². The first-order valence-electron chi connectivity index (χ1n) is 6.62. The van der Waals surface area contributed by atoms with Gasteiger partial charge in [-0.05, 0) is 32.4 Å². The lowest BCUT2D eigenvalue weighted by atomic mass is 10.2. The number of hydrogen-bond acceptors (Lipinski definition) is 4. The highest BCUT2D eigenvalue weighted by Crippen LogP contribution is 2.32. The monoisotopic (exact) mass is 267 g/mol. The number of furan rings is 1. The molecule has 0 fully saturated rings. The van der Waals surface area contributed by atoms with Gasteiger partial charge in [-0.25, -0.2) is 9.97 Å². The molecule has 0 atom stereocenters. The van der Waals surface area contributed by atoms with E-state index in [1.165, 1.54) is 0 Å². The van der Waals surface area contributed by atoms with E-state index in [0.717, 1.165) is 45.2 Å². The summed E-state index contributed by atoms with van der Waals surface area (Å²) in [4.78, 5) is 9.15. The molecule has 102 valence electrons. The van der Waals surface area contributed by atoms with Crippen LogP contribution in [0.15, 0.2) is 28.7 Å². The van der Waals surface area contributed by atoms with Gasteiger partial charge in [-0.3, -0.25) is 0 Å². The Morgan fingerprint density at radius 3 is 2.50 bits per heavy atom. The van der Waals surface area contributed by atoms with Crippen LogP contribution in [0.1, 0.15) is 17.0 Å². The third-order valence-electron chi connectivity index (χ3n) is 3.52. The van der Waals surface area contributed by atoms with Crippen molar-refractivity contribution >= 4 is 16.8 Å². The summed E-state index contributed by atoms with van der Waals surface area (Å²) in [7, 11) is 1.84. The van der Waals surface area contributed by atoms with E-state index >= 15 is 0 Å². The summed E-state index contributed by atoms with van der Waals surface area (Å²) < 4.78 is 5.98. The largest absolute Gasteiger partial charge is 0.454 e. The molecule has 3 aromatic rings. The van der Waals surface area contributed by atoms with Crippen LogP contribution in [0.5, 0.6) is 0 Å². The molecule has 0 spiro atoms. The predicted octanol–water partition coefficient (Wildman–Crippen LogP) is 3.86. The Morgan fingerprint density at radius 1 is 1.05 bits per heavy atom. The van der Waals surface area contributed by atoms with Crippen molar-refractivity contribution in [3.05, 3.63) is 41.2 Å². The molecule has 0 aliphatic carbocycles. The highest BCUT2D eigenvalue weighted by atomic mass is 16.3. The molecule has 4 heteroatoms. The van der Waals surface area contributed by atoms with E-state index in [1.54, 1.807) is 0 Å². The van der Waals surface area contributed by atoms with Gasteiger partial charge >= 0.3 is 0 Å². The van der Waals surface area contributed by atoms with Gasteiger partial charge in [0.2, 0.25) is 0 Å². The molecule has 0 amide bonds. The number of nitrogens with zero attached hydrogens (tertiary/aromatic N) is 2. The second kappa shape index (κ2) is 4.63. The number of rotatable bonds is 2. The molecule has 4 nitrogen and oxygen atoms in total. The molecule has 0 saturated heterocycles. The fraction of sp³-hybridized carbons (Fsp3) is 0.250. The number of nitrogens with one attached hydrogen (secondary N) is 1. The number of anilines is 1. The van der Waals surface area contributed by atoms with Crippen LogP contribution >= 0.6 is 0 Å². The number of aromatic nitrogens is 2. The van der Waals surface area contributed by atoms with E-state index in [9.17, 15) is 0 Å². The molecule has 0 unspecified atom stereocenters. The van der Waals surface area contributed by atoms with Crippen molar-refractivity contribution in [1.29, 1.82) is 0 Å². The molecular formula is C16H17N3O. The maximum absolute atomic E-state index is 5.98. The molecule has 0 radical (unpaired) electrons. The highest BCUT2D eigenvalue weighted by Gasteiger charge is 2.15. The molecule has 0 aliphatic heterocycles. The fourth-order valence-electron chi connectivity index (χ4n) is 2.27. The van der Waals surface area contributed by atoms with Gasteiger partial charge in [-0.15, -0.1) is 0 Å². The maximum atomic E-state index is 5.98. The summed E-state index contributed by atoms with van der Waals surface area (Å²) in [6.45, 7) is 5.95. The van der Waals surface area contributed by atoms with Crippen LogP contribution in [0, 0.1) is 20.8 Å². The summed E-state index contributed by atoms with van der Waals surface area (Å²) in [6, 6.07) is 8.13. The average molecular weight is 267 g/mol. The van der Waals surface area contributed by atoms with E-state index in [2.05, 4.69) is 15.3 Å². The molecule has 0 bridgehead atoms. The molecule has 3 rings (SSSR count). The van der Waals surface area contributed by atoms with Crippen LogP contribution in [0.4, 0.5) is 5.82 Å². The lowest BCUT2D eigenvalue weighted by Crippen LogP contribution is -2.02. The Hall–Kier alpha value is -2.36. The summed E-state index contributed by atoms with van der Waals surface area (Å²) in [5.74, 6) is 1.49. The van der Waals surface area contributed by atoms with Gasteiger partial charge in [0.1, 0.15) is 11.3 Å². The maximum Gasteiger partial charge on any atom is 0.157 e. The van der Waals surface area contributed by atoms with Crippen LogP contribution in [0.2, 0.25) is 0 Å². The van der Waals surface area contributed by atoms with Gasteiger partial charge in [-0.1, -0.05) is 18.2 Å². The number of hydrogen-bond donors (Lipinski definition) is 1. The number of aryl methyl sites for hydroxylation is 3. The minimum absolute atomic E-state index is 0.741. The van der Waals surface area contributed by atoms with Gasteiger partial charge in [0.05, 0.1) is 11.4 Å². The molecule has 0 aliphatic rings. The summed E-state index contributed by atoms with van der Waals surface area (Å²) in [5.41, 5.74) is 4.62. The smallest absolute Gasteiger partial charge is 0.157 e. The van der Waals surface area contributed by atoms with E-state index in [4.69, 9.17) is 4.42 Å². The summed E-state index contributed by atoms with van der Waals surface area (Å²) in [5, 5.41) is 4.17. The Kier molecular flexibility index (Phi) is 2.93. The normalized spacial score (nSPS) is 11.0. The van der Waals surface area contributed by atoms with Gasteiger partial charge < -0.3 is 9.73 Å². The molecule has 2 aromatic heterocycles. The van der Waals surface area contributed by atoms with Crippen LogP contribution in [-0.4, -0.2) is 17.0 Å². The van der Waals surface area contributed by atoms with Crippen molar-refractivity contribution in [2.45, 2.75) is 20.8 Å². The van der Waals surface area contributed by atoms with Crippen molar-refractivity contribution in [3.8, 4) is 11.5 Å².